The molecule has 1 unspecified atom stereocenters. The molecule has 0 aliphatic carbocycles. The van der Waals surface area contributed by atoms with Gasteiger partial charge in [-0.1, -0.05) is 18.2 Å². The van der Waals surface area contributed by atoms with Crippen LogP contribution in [0.15, 0.2) is 61.2 Å². The van der Waals surface area contributed by atoms with Crippen molar-refractivity contribution in [2.45, 2.75) is 31.1 Å². The number of piperidine rings is 1. The zero-order valence-electron chi connectivity index (χ0n) is 18.9. The minimum atomic E-state index is -1.69. The molecule has 35 heavy (non-hydrogen) atoms. The molecular weight excluding hydrogens is 461 g/mol. The maximum Gasteiger partial charge on any atom is 0.331 e. The monoisotopic (exact) mass is 486 g/mol. The van der Waals surface area contributed by atoms with Gasteiger partial charge in [0.25, 0.3) is 0 Å². The minimum Gasteiger partial charge on any atom is -0.459 e. The molecule has 7 nitrogen and oxygen atoms in total. The first-order chi connectivity index (χ1) is 16.8. The number of ether oxygens (including phenoxy) is 1. The van der Waals surface area contributed by atoms with Crippen molar-refractivity contribution in [1.82, 2.24) is 19.7 Å². The van der Waals surface area contributed by atoms with Gasteiger partial charge in [-0.05, 0) is 42.7 Å². The summed E-state index contributed by atoms with van der Waals surface area (Å²) in [6.07, 6.45) is 6.33. The molecule has 1 N–H and O–H groups in total. The molecule has 10 heteroatoms. The number of rotatable bonds is 8. The number of benzene rings is 2. The van der Waals surface area contributed by atoms with Gasteiger partial charge in [0.2, 0.25) is 0 Å². The number of likely N-dealkylation sites (tertiary alicyclic amines) is 1. The average Bonchev–Trinajstić information content (AvgIpc) is 3.32. The first-order valence-corrected chi connectivity index (χ1v) is 11.2. The molecule has 1 saturated heterocycles. The number of esters is 1. The summed E-state index contributed by atoms with van der Waals surface area (Å²) >= 11 is 0. The summed E-state index contributed by atoms with van der Waals surface area (Å²) in [5.41, 5.74) is -1.04. The van der Waals surface area contributed by atoms with Gasteiger partial charge in [0.15, 0.2) is 0 Å². The van der Waals surface area contributed by atoms with E-state index in [1.54, 1.807) is 18.2 Å². The third-order valence-corrected chi connectivity index (χ3v) is 5.91. The van der Waals surface area contributed by atoms with E-state index in [-0.39, 0.29) is 30.6 Å². The van der Waals surface area contributed by atoms with Gasteiger partial charge in [-0.25, -0.2) is 27.6 Å². The highest BCUT2D eigenvalue weighted by Crippen LogP contribution is 2.29. The quantitative estimate of drug-likeness (QED) is 0.389. The molecule has 0 spiro atoms. The van der Waals surface area contributed by atoms with E-state index in [1.807, 2.05) is 4.90 Å². The Bertz CT molecular complexity index is 1160. The fourth-order valence-corrected chi connectivity index (χ4v) is 4.17. The van der Waals surface area contributed by atoms with Gasteiger partial charge in [-0.2, -0.15) is 5.10 Å². The SMILES string of the molecule is O=C(/C=C/c1ccc(F)cc1)OC1CCN(CC(O)(Cn2cncn2)c2ccc(F)cc2F)CC1. The van der Waals surface area contributed by atoms with Crippen LogP contribution in [-0.4, -0.2) is 56.5 Å². The Morgan fingerprint density at radius 1 is 1.09 bits per heavy atom. The Labute approximate surface area is 200 Å². The lowest BCUT2D eigenvalue weighted by Gasteiger charge is -2.38. The number of nitrogens with zero attached hydrogens (tertiary/aromatic N) is 4. The topological polar surface area (TPSA) is 80.5 Å². The molecule has 2 aromatic carbocycles. The maximum atomic E-state index is 14.6. The van der Waals surface area contributed by atoms with Gasteiger partial charge in [-0.3, -0.25) is 4.90 Å². The molecule has 0 amide bonds. The normalized spacial score (nSPS) is 16.9. The van der Waals surface area contributed by atoms with Gasteiger partial charge in [0.05, 0.1) is 6.54 Å². The largest absolute Gasteiger partial charge is 0.459 e. The molecule has 4 rings (SSSR count). The van der Waals surface area contributed by atoms with Gasteiger partial charge < -0.3 is 9.84 Å². The second kappa shape index (κ2) is 10.8. The molecule has 0 radical (unpaired) electrons. The molecule has 184 valence electrons. The van der Waals surface area contributed by atoms with Crippen LogP contribution in [0.2, 0.25) is 0 Å². The lowest BCUT2D eigenvalue weighted by atomic mass is 9.91. The van der Waals surface area contributed by atoms with Crippen molar-refractivity contribution in [3.63, 3.8) is 0 Å². The first-order valence-electron chi connectivity index (χ1n) is 11.2. The first kappa shape index (κ1) is 24.6. The van der Waals surface area contributed by atoms with E-state index in [4.69, 9.17) is 4.74 Å². The Kier molecular flexibility index (Phi) is 7.62. The molecule has 1 fully saturated rings. The fraction of sp³-hybridized carbons (Fsp3) is 0.320. The van der Waals surface area contributed by atoms with E-state index >= 15 is 0 Å². The summed E-state index contributed by atoms with van der Waals surface area (Å²) < 4.78 is 47.9. The van der Waals surface area contributed by atoms with Crippen molar-refractivity contribution in [3.05, 3.63) is 89.8 Å². The van der Waals surface area contributed by atoms with E-state index in [0.717, 1.165) is 12.1 Å². The van der Waals surface area contributed by atoms with Crippen molar-refractivity contribution in [2.24, 2.45) is 0 Å². The zero-order chi connectivity index (χ0) is 24.8. The van der Waals surface area contributed by atoms with Crippen LogP contribution in [0.5, 0.6) is 0 Å². The second-order valence-corrected chi connectivity index (χ2v) is 8.55. The second-order valence-electron chi connectivity index (χ2n) is 8.55. The smallest absolute Gasteiger partial charge is 0.331 e. The number of carbonyl (C=O) groups excluding carboxylic acids is 1. The van der Waals surface area contributed by atoms with Crippen LogP contribution < -0.4 is 0 Å². The molecule has 1 aromatic heterocycles. The summed E-state index contributed by atoms with van der Waals surface area (Å²) in [7, 11) is 0. The Morgan fingerprint density at radius 3 is 2.46 bits per heavy atom. The summed E-state index contributed by atoms with van der Waals surface area (Å²) in [6, 6.07) is 8.82. The summed E-state index contributed by atoms with van der Waals surface area (Å²) in [6.45, 7) is 1.00. The molecule has 1 aliphatic rings. The third-order valence-electron chi connectivity index (χ3n) is 5.91. The van der Waals surface area contributed by atoms with Gasteiger partial charge in [0, 0.05) is 37.3 Å². The summed E-state index contributed by atoms with van der Waals surface area (Å²) in [5.74, 6) is -2.43. The number of hydrogen-bond acceptors (Lipinski definition) is 6. The summed E-state index contributed by atoms with van der Waals surface area (Å²) in [5, 5.41) is 15.5. The summed E-state index contributed by atoms with van der Waals surface area (Å²) in [4.78, 5) is 18.0. The highest BCUT2D eigenvalue weighted by Gasteiger charge is 2.37. The van der Waals surface area contributed by atoms with Crippen LogP contribution >= 0.6 is 0 Å². The lowest BCUT2D eigenvalue weighted by molar-refractivity contribution is -0.145. The van der Waals surface area contributed by atoms with E-state index in [9.17, 15) is 23.1 Å². The van der Waals surface area contributed by atoms with Crippen LogP contribution in [0.25, 0.3) is 6.08 Å². The maximum absolute atomic E-state index is 14.6. The van der Waals surface area contributed by atoms with Crippen molar-refractivity contribution in [2.75, 3.05) is 19.6 Å². The predicted octanol–water partition coefficient (Wildman–Crippen LogP) is 3.30. The third kappa shape index (κ3) is 6.55. The van der Waals surface area contributed by atoms with E-state index < -0.39 is 23.2 Å². The van der Waals surface area contributed by atoms with Crippen molar-refractivity contribution < 1.29 is 27.8 Å². The molecule has 1 atom stereocenters. The standard InChI is InChI=1S/C25H25F3N4O3/c26-19-4-1-18(2-5-19)3-8-24(33)35-21-9-11-31(12-10-21)14-25(34,15-32-17-29-16-30-32)22-7-6-20(27)13-23(22)28/h1-8,13,16-17,21,34H,9-12,14-15H2/b8-3+. The number of carbonyl (C=O) groups is 1. The van der Waals surface area contributed by atoms with Gasteiger partial charge in [0.1, 0.15) is 41.8 Å². The number of hydrogen-bond donors (Lipinski definition) is 1. The van der Waals surface area contributed by atoms with Crippen LogP contribution in [-0.2, 0) is 21.7 Å². The lowest BCUT2D eigenvalue weighted by Crippen LogP contribution is -2.48. The molecular formula is C25H25F3N4O3. The molecule has 0 bridgehead atoms. The molecule has 3 aromatic rings. The van der Waals surface area contributed by atoms with Crippen LogP contribution in [0.3, 0.4) is 0 Å². The molecule has 0 saturated carbocycles. The van der Waals surface area contributed by atoms with Gasteiger partial charge in [-0.15, -0.1) is 0 Å². The van der Waals surface area contributed by atoms with Crippen LogP contribution in [0, 0.1) is 17.5 Å². The highest BCUT2D eigenvalue weighted by atomic mass is 19.1. The zero-order valence-corrected chi connectivity index (χ0v) is 18.9. The van der Waals surface area contributed by atoms with E-state index in [2.05, 4.69) is 10.1 Å². The number of aliphatic hydroxyl groups is 1. The van der Waals surface area contributed by atoms with Crippen LogP contribution in [0.1, 0.15) is 24.0 Å². The van der Waals surface area contributed by atoms with Gasteiger partial charge >= 0.3 is 5.97 Å². The van der Waals surface area contributed by atoms with E-state index in [0.29, 0.717) is 31.5 Å². The number of aromatic nitrogens is 3. The highest BCUT2D eigenvalue weighted by molar-refractivity contribution is 5.87. The predicted molar refractivity (Wildman–Crippen MR) is 121 cm³/mol. The molecule has 2 heterocycles. The van der Waals surface area contributed by atoms with Crippen molar-refractivity contribution in [3.8, 4) is 0 Å². The fourth-order valence-electron chi connectivity index (χ4n) is 4.17. The van der Waals surface area contributed by atoms with Crippen LogP contribution in [0.4, 0.5) is 13.2 Å². The van der Waals surface area contributed by atoms with E-state index in [1.165, 1.54) is 41.6 Å². The Hall–Kier alpha value is -3.50. The Morgan fingerprint density at radius 2 is 1.80 bits per heavy atom. The van der Waals surface area contributed by atoms with Crippen molar-refractivity contribution in [1.29, 1.82) is 0 Å². The minimum absolute atomic E-state index is 0.0334. The Balaban J connectivity index is 1.36. The molecule has 1 aliphatic heterocycles. The number of β-amino-alcohol motifs (C(OH)–C–C–N with tert-alkyl or cyclic N) is 1. The average molecular weight is 486 g/mol. The van der Waals surface area contributed by atoms with Crippen molar-refractivity contribution >= 4 is 12.0 Å². The number of halogens is 3.